The maximum atomic E-state index is 12.5. The lowest BCUT2D eigenvalue weighted by atomic mass is 9.82. The molecule has 2 aliphatic rings. The van der Waals surface area contributed by atoms with Crippen molar-refractivity contribution in [3.63, 3.8) is 0 Å². The van der Waals surface area contributed by atoms with E-state index in [1.807, 2.05) is 0 Å². The lowest BCUT2D eigenvalue weighted by Gasteiger charge is -2.39. The SMILES string of the molecule is CN(CC1CCCCO1)C(=O)N1CCCC(C)(C(=O)O)C1. The Kier molecular flexibility index (Phi) is 5.08. The van der Waals surface area contributed by atoms with Crippen LogP contribution in [0.5, 0.6) is 0 Å². The number of likely N-dealkylation sites (N-methyl/N-ethyl adjacent to an activating group) is 1. The average Bonchev–Trinajstić information content (AvgIpc) is 2.47. The fraction of sp³-hybridized carbons (Fsp3) is 0.867. The smallest absolute Gasteiger partial charge is 0.319 e. The van der Waals surface area contributed by atoms with E-state index in [9.17, 15) is 14.7 Å². The molecule has 2 aliphatic heterocycles. The van der Waals surface area contributed by atoms with Crippen LogP contribution in [0.25, 0.3) is 0 Å². The number of hydrogen-bond acceptors (Lipinski definition) is 3. The van der Waals surface area contributed by atoms with Gasteiger partial charge in [-0.15, -0.1) is 0 Å². The zero-order valence-electron chi connectivity index (χ0n) is 13.0. The number of piperidine rings is 1. The van der Waals surface area contributed by atoms with Gasteiger partial charge in [0, 0.05) is 33.3 Å². The van der Waals surface area contributed by atoms with Gasteiger partial charge in [-0.05, 0) is 39.0 Å². The van der Waals surface area contributed by atoms with Crippen LogP contribution in [-0.4, -0.2) is 66.3 Å². The van der Waals surface area contributed by atoms with E-state index in [4.69, 9.17) is 4.74 Å². The zero-order valence-corrected chi connectivity index (χ0v) is 13.0. The first kappa shape index (κ1) is 16.1. The number of ether oxygens (including phenoxy) is 1. The Balaban J connectivity index is 1.90. The molecule has 0 aromatic carbocycles. The van der Waals surface area contributed by atoms with E-state index in [1.54, 1.807) is 23.8 Å². The van der Waals surface area contributed by atoms with Crippen LogP contribution in [-0.2, 0) is 9.53 Å². The number of carbonyl (C=O) groups excluding carboxylic acids is 1. The summed E-state index contributed by atoms with van der Waals surface area (Å²) in [5.74, 6) is -0.821. The minimum absolute atomic E-state index is 0.0867. The summed E-state index contributed by atoms with van der Waals surface area (Å²) in [6, 6.07) is -0.0867. The number of urea groups is 1. The predicted molar refractivity (Wildman–Crippen MR) is 78.2 cm³/mol. The lowest BCUT2D eigenvalue weighted by Crippen LogP contribution is -2.53. The number of aliphatic carboxylic acids is 1. The van der Waals surface area contributed by atoms with Crippen LogP contribution in [0.3, 0.4) is 0 Å². The van der Waals surface area contributed by atoms with Gasteiger partial charge in [0.25, 0.3) is 0 Å². The number of amides is 2. The molecule has 2 unspecified atom stereocenters. The van der Waals surface area contributed by atoms with Crippen LogP contribution in [0.2, 0.25) is 0 Å². The van der Waals surface area contributed by atoms with Crippen LogP contribution in [0, 0.1) is 5.41 Å². The maximum Gasteiger partial charge on any atom is 0.319 e. The highest BCUT2D eigenvalue weighted by atomic mass is 16.5. The second-order valence-electron chi connectivity index (χ2n) is 6.54. The topological polar surface area (TPSA) is 70.1 Å². The third kappa shape index (κ3) is 3.87. The Labute approximate surface area is 126 Å². The summed E-state index contributed by atoms with van der Waals surface area (Å²) < 4.78 is 5.66. The molecule has 2 atom stereocenters. The fourth-order valence-electron chi connectivity index (χ4n) is 3.15. The summed E-state index contributed by atoms with van der Waals surface area (Å²) in [6.07, 6.45) is 4.71. The molecular formula is C15H26N2O4. The van der Waals surface area contributed by atoms with Crippen molar-refractivity contribution in [2.24, 2.45) is 5.41 Å². The molecule has 0 spiro atoms. The number of carboxylic acid groups (broad SMARTS) is 1. The molecule has 2 amide bonds. The van der Waals surface area contributed by atoms with Gasteiger partial charge in [0.15, 0.2) is 0 Å². The largest absolute Gasteiger partial charge is 0.481 e. The standard InChI is InChI=1S/C15H26N2O4/c1-15(13(18)19)7-5-8-17(11-15)14(20)16(2)10-12-6-3-4-9-21-12/h12H,3-11H2,1-2H3,(H,18,19). The molecule has 21 heavy (non-hydrogen) atoms. The molecule has 0 aromatic heterocycles. The van der Waals surface area contributed by atoms with Crippen molar-refractivity contribution in [2.45, 2.75) is 45.1 Å². The van der Waals surface area contributed by atoms with Crippen LogP contribution >= 0.6 is 0 Å². The van der Waals surface area contributed by atoms with E-state index in [0.717, 1.165) is 32.3 Å². The van der Waals surface area contributed by atoms with Gasteiger partial charge in [-0.2, -0.15) is 0 Å². The van der Waals surface area contributed by atoms with Gasteiger partial charge in [0.2, 0.25) is 0 Å². The summed E-state index contributed by atoms with van der Waals surface area (Å²) >= 11 is 0. The monoisotopic (exact) mass is 298 g/mol. The molecule has 0 bridgehead atoms. The summed E-state index contributed by atoms with van der Waals surface area (Å²) in [7, 11) is 1.77. The Morgan fingerprint density at radius 1 is 1.38 bits per heavy atom. The van der Waals surface area contributed by atoms with E-state index in [0.29, 0.717) is 19.5 Å². The highest BCUT2D eigenvalue weighted by Crippen LogP contribution is 2.30. The van der Waals surface area contributed by atoms with Crippen molar-refractivity contribution in [3.8, 4) is 0 Å². The van der Waals surface area contributed by atoms with Crippen molar-refractivity contribution in [3.05, 3.63) is 0 Å². The molecule has 2 fully saturated rings. The van der Waals surface area contributed by atoms with Gasteiger partial charge < -0.3 is 19.6 Å². The molecule has 1 N–H and O–H groups in total. The Morgan fingerprint density at radius 3 is 2.76 bits per heavy atom. The Hall–Kier alpha value is -1.30. The molecule has 2 rings (SSSR count). The van der Waals surface area contributed by atoms with E-state index < -0.39 is 11.4 Å². The maximum absolute atomic E-state index is 12.5. The van der Waals surface area contributed by atoms with Crippen molar-refractivity contribution >= 4 is 12.0 Å². The lowest BCUT2D eigenvalue weighted by molar-refractivity contribution is -0.150. The molecule has 6 nitrogen and oxygen atoms in total. The number of likely N-dealkylation sites (tertiary alicyclic amines) is 1. The normalized spacial score (nSPS) is 30.0. The van der Waals surface area contributed by atoms with Gasteiger partial charge in [-0.1, -0.05) is 0 Å². The van der Waals surface area contributed by atoms with Crippen molar-refractivity contribution in [2.75, 3.05) is 33.3 Å². The van der Waals surface area contributed by atoms with Gasteiger partial charge in [-0.25, -0.2) is 4.79 Å². The first-order chi connectivity index (χ1) is 9.92. The number of carbonyl (C=O) groups is 2. The fourth-order valence-corrected chi connectivity index (χ4v) is 3.15. The van der Waals surface area contributed by atoms with Gasteiger partial charge in [-0.3, -0.25) is 4.79 Å². The van der Waals surface area contributed by atoms with E-state index in [1.165, 1.54) is 0 Å². The number of rotatable bonds is 3. The second kappa shape index (κ2) is 6.64. The molecule has 6 heteroatoms. The number of carboxylic acids is 1. The molecular weight excluding hydrogens is 272 g/mol. The number of nitrogens with zero attached hydrogens (tertiary/aromatic N) is 2. The third-order valence-electron chi connectivity index (χ3n) is 4.56. The Bertz CT molecular complexity index is 395. The molecule has 0 aliphatic carbocycles. The molecule has 0 aromatic rings. The molecule has 2 heterocycles. The van der Waals surface area contributed by atoms with Crippen LogP contribution in [0.4, 0.5) is 4.79 Å². The van der Waals surface area contributed by atoms with Crippen molar-refractivity contribution in [1.29, 1.82) is 0 Å². The quantitative estimate of drug-likeness (QED) is 0.862. The van der Waals surface area contributed by atoms with Crippen LogP contribution in [0.1, 0.15) is 39.0 Å². The summed E-state index contributed by atoms with van der Waals surface area (Å²) in [5, 5.41) is 9.33. The highest BCUT2D eigenvalue weighted by Gasteiger charge is 2.40. The number of hydrogen-bond donors (Lipinski definition) is 1. The molecule has 0 saturated carbocycles. The van der Waals surface area contributed by atoms with Crippen molar-refractivity contribution in [1.82, 2.24) is 9.80 Å². The van der Waals surface area contributed by atoms with Gasteiger partial charge in [0.05, 0.1) is 11.5 Å². The second-order valence-corrected chi connectivity index (χ2v) is 6.54. The van der Waals surface area contributed by atoms with E-state index in [-0.39, 0.29) is 18.7 Å². The summed E-state index contributed by atoms with van der Waals surface area (Å²) in [6.45, 7) is 4.00. The first-order valence-corrected chi connectivity index (χ1v) is 7.77. The van der Waals surface area contributed by atoms with Crippen LogP contribution < -0.4 is 0 Å². The zero-order chi connectivity index (χ0) is 15.5. The molecule has 2 saturated heterocycles. The predicted octanol–water partition coefficient (Wildman–Crippen LogP) is 1.79. The minimum atomic E-state index is -0.823. The third-order valence-corrected chi connectivity index (χ3v) is 4.56. The van der Waals surface area contributed by atoms with Crippen molar-refractivity contribution < 1.29 is 19.4 Å². The van der Waals surface area contributed by atoms with Gasteiger partial charge in [0.1, 0.15) is 0 Å². The Morgan fingerprint density at radius 2 is 2.14 bits per heavy atom. The molecule has 0 radical (unpaired) electrons. The van der Waals surface area contributed by atoms with E-state index in [2.05, 4.69) is 0 Å². The van der Waals surface area contributed by atoms with Gasteiger partial charge >= 0.3 is 12.0 Å². The minimum Gasteiger partial charge on any atom is -0.481 e. The van der Waals surface area contributed by atoms with Crippen LogP contribution in [0.15, 0.2) is 0 Å². The highest BCUT2D eigenvalue weighted by molar-refractivity contribution is 5.78. The summed E-state index contributed by atoms with van der Waals surface area (Å²) in [5.41, 5.74) is -0.823. The average molecular weight is 298 g/mol. The summed E-state index contributed by atoms with van der Waals surface area (Å²) in [4.78, 5) is 27.2. The van der Waals surface area contributed by atoms with E-state index >= 15 is 0 Å². The first-order valence-electron chi connectivity index (χ1n) is 7.77. The molecule has 120 valence electrons.